The van der Waals surface area contributed by atoms with Gasteiger partial charge in [0.25, 0.3) is 0 Å². The van der Waals surface area contributed by atoms with Crippen molar-refractivity contribution in [1.82, 2.24) is 4.72 Å². The second-order valence-electron chi connectivity index (χ2n) is 3.87. The lowest BCUT2D eigenvalue weighted by Gasteiger charge is -2.11. The fourth-order valence-electron chi connectivity index (χ4n) is 1.55. The number of hydrogen-bond donors (Lipinski definition) is 1. The molecule has 0 amide bonds. The van der Waals surface area contributed by atoms with Gasteiger partial charge in [0, 0.05) is 12.1 Å². The molecule has 1 N–H and O–H groups in total. The molecule has 0 aliphatic rings. The van der Waals surface area contributed by atoms with Crippen LogP contribution in [-0.4, -0.2) is 15.0 Å². The van der Waals surface area contributed by atoms with Crippen LogP contribution in [-0.2, 0) is 16.6 Å². The summed E-state index contributed by atoms with van der Waals surface area (Å²) >= 11 is 6.60. The van der Waals surface area contributed by atoms with Crippen LogP contribution in [0.3, 0.4) is 0 Å². The fourth-order valence-corrected chi connectivity index (χ4v) is 4.08. The zero-order valence-corrected chi connectivity index (χ0v) is 12.8. The minimum Gasteiger partial charge on any atom is -0.434 e. The van der Waals surface area contributed by atoms with E-state index in [-0.39, 0.29) is 16.5 Å². The normalized spacial score (nSPS) is 11.8. The molecular weight excluding hydrogens is 344 g/mol. The first-order valence-corrected chi connectivity index (χ1v) is 8.34. The molecule has 0 spiro atoms. The SMILES string of the molecule is O=S(=O)(NCc1ccccc1OC(F)F)c1ccc(Cl)s1. The van der Waals surface area contributed by atoms with Gasteiger partial charge < -0.3 is 4.74 Å². The van der Waals surface area contributed by atoms with E-state index in [2.05, 4.69) is 9.46 Å². The number of ether oxygens (including phenoxy) is 1. The van der Waals surface area contributed by atoms with Crippen molar-refractivity contribution in [3.8, 4) is 5.75 Å². The predicted molar refractivity (Wildman–Crippen MR) is 76.4 cm³/mol. The molecule has 4 nitrogen and oxygen atoms in total. The molecular formula is C12H10ClF2NO3S2. The van der Waals surface area contributed by atoms with E-state index in [9.17, 15) is 17.2 Å². The number of sulfonamides is 1. The van der Waals surface area contributed by atoms with Crippen molar-refractivity contribution in [1.29, 1.82) is 0 Å². The lowest BCUT2D eigenvalue weighted by molar-refractivity contribution is -0.0504. The Labute approximate surface area is 129 Å². The molecule has 9 heteroatoms. The monoisotopic (exact) mass is 353 g/mol. The van der Waals surface area contributed by atoms with Crippen LogP contribution >= 0.6 is 22.9 Å². The van der Waals surface area contributed by atoms with E-state index in [1.807, 2.05) is 0 Å². The molecule has 2 rings (SSSR count). The maximum atomic E-state index is 12.3. The molecule has 1 aromatic carbocycles. The van der Waals surface area contributed by atoms with Gasteiger partial charge in [-0.05, 0) is 18.2 Å². The zero-order chi connectivity index (χ0) is 15.5. The summed E-state index contributed by atoms with van der Waals surface area (Å²) < 4.78 is 55.6. The summed E-state index contributed by atoms with van der Waals surface area (Å²) in [5.41, 5.74) is 0.309. The fraction of sp³-hybridized carbons (Fsp3) is 0.167. The minimum absolute atomic E-state index is 0.0553. The van der Waals surface area contributed by atoms with Crippen molar-refractivity contribution < 1.29 is 21.9 Å². The predicted octanol–water partition coefficient (Wildman–Crippen LogP) is 3.48. The summed E-state index contributed by atoms with van der Waals surface area (Å²) in [4.78, 5) is 0. The summed E-state index contributed by atoms with van der Waals surface area (Å²) in [6.07, 6.45) is 0. The lowest BCUT2D eigenvalue weighted by atomic mass is 10.2. The molecule has 2 aromatic rings. The molecule has 1 heterocycles. The highest BCUT2D eigenvalue weighted by molar-refractivity contribution is 7.91. The van der Waals surface area contributed by atoms with Crippen molar-refractivity contribution >= 4 is 33.0 Å². The summed E-state index contributed by atoms with van der Waals surface area (Å²) in [5, 5.41) is 0. The Morgan fingerprint density at radius 3 is 2.57 bits per heavy atom. The van der Waals surface area contributed by atoms with Gasteiger partial charge in [-0.15, -0.1) is 11.3 Å². The summed E-state index contributed by atoms with van der Waals surface area (Å²) in [6.45, 7) is -3.14. The minimum atomic E-state index is -3.74. The van der Waals surface area contributed by atoms with Crippen LogP contribution in [0.2, 0.25) is 4.34 Å². The molecule has 0 unspecified atom stereocenters. The number of halogens is 3. The summed E-state index contributed by atoms with van der Waals surface area (Å²) in [6, 6.07) is 8.81. The second-order valence-corrected chi connectivity index (χ2v) is 7.58. The van der Waals surface area contributed by atoms with Crippen LogP contribution in [0.25, 0.3) is 0 Å². The highest BCUT2D eigenvalue weighted by Gasteiger charge is 2.17. The summed E-state index contributed by atoms with van der Waals surface area (Å²) in [7, 11) is -3.74. The first-order valence-electron chi connectivity index (χ1n) is 5.66. The third kappa shape index (κ3) is 4.37. The Balaban J connectivity index is 2.13. The molecule has 0 saturated carbocycles. The van der Waals surface area contributed by atoms with Gasteiger partial charge in [-0.25, -0.2) is 13.1 Å². The third-order valence-electron chi connectivity index (χ3n) is 2.45. The molecule has 0 saturated heterocycles. The number of hydrogen-bond acceptors (Lipinski definition) is 4. The third-order valence-corrected chi connectivity index (χ3v) is 5.58. The number of rotatable bonds is 6. The Morgan fingerprint density at radius 2 is 1.95 bits per heavy atom. The summed E-state index contributed by atoms with van der Waals surface area (Å²) in [5.74, 6) is -0.0700. The Bertz CT molecular complexity index is 719. The van der Waals surface area contributed by atoms with Gasteiger partial charge in [-0.1, -0.05) is 29.8 Å². The van der Waals surface area contributed by atoms with Crippen molar-refractivity contribution in [2.75, 3.05) is 0 Å². The highest BCUT2D eigenvalue weighted by atomic mass is 35.5. The van der Waals surface area contributed by atoms with Crippen LogP contribution < -0.4 is 9.46 Å². The zero-order valence-electron chi connectivity index (χ0n) is 10.4. The molecule has 0 bridgehead atoms. The van der Waals surface area contributed by atoms with Gasteiger partial charge in [0.2, 0.25) is 10.0 Å². The van der Waals surface area contributed by atoms with Crippen LogP contribution in [0.15, 0.2) is 40.6 Å². The molecule has 0 aliphatic carbocycles. The molecule has 0 radical (unpaired) electrons. The van der Waals surface area contributed by atoms with E-state index >= 15 is 0 Å². The quantitative estimate of drug-likeness (QED) is 0.865. The smallest absolute Gasteiger partial charge is 0.387 e. The maximum absolute atomic E-state index is 12.3. The van der Waals surface area contributed by atoms with Crippen LogP contribution in [0, 0.1) is 0 Å². The number of nitrogens with one attached hydrogen (secondary N) is 1. The first-order chi connectivity index (χ1) is 9.88. The standard InChI is InChI=1S/C12H10ClF2NO3S2/c13-10-5-6-11(20-10)21(17,18)16-7-8-3-1-2-4-9(8)19-12(14)15/h1-6,12,16H,7H2. The van der Waals surface area contributed by atoms with Gasteiger partial charge in [0.05, 0.1) is 4.34 Å². The largest absolute Gasteiger partial charge is 0.434 e. The van der Waals surface area contributed by atoms with Crippen LogP contribution in [0.4, 0.5) is 8.78 Å². The number of alkyl halides is 2. The van der Waals surface area contributed by atoms with Gasteiger partial charge in [-0.2, -0.15) is 8.78 Å². The van der Waals surface area contributed by atoms with Gasteiger partial charge in [0.1, 0.15) is 9.96 Å². The van der Waals surface area contributed by atoms with E-state index in [4.69, 9.17) is 11.6 Å². The van der Waals surface area contributed by atoms with Gasteiger partial charge >= 0.3 is 6.61 Å². The van der Waals surface area contributed by atoms with Crippen molar-refractivity contribution in [3.05, 3.63) is 46.3 Å². The molecule has 21 heavy (non-hydrogen) atoms. The number of benzene rings is 1. The molecule has 0 fully saturated rings. The van der Waals surface area contributed by atoms with E-state index in [1.165, 1.54) is 30.3 Å². The van der Waals surface area contributed by atoms with E-state index in [1.54, 1.807) is 6.07 Å². The van der Waals surface area contributed by atoms with Crippen molar-refractivity contribution in [2.24, 2.45) is 0 Å². The Hall–Kier alpha value is -1.22. The average Bonchev–Trinajstić information content (AvgIpc) is 2.85. The van der Waals surface area contributed by atoms with Crippen LogP contribution in [0.5, 0.6) is 5.75 Å². The van der Waals surface area contributed by atoms with Crippen molar-refractivity contribution in [2.45, 2.75) is 17.4 Å². The Kier molecular flexibility index (Phi) is 5.15. The van der Waals surface area contributed by atoms with Crippen molar-refractivity contribution in [3.63, 3.8) is 0 Å². The average molecular weight is 354 g/mol. The second kappa shape index (κ2) is 6.69. The van der Waals surface area contributed by atoms with E-state index in [0.29, 0.717) is 9.90 Å². The number of para-hydroxylation sites is 1. The van der Waals surface area contributed by atoms with Gasteiger partial charge in [0.15, 0.2) is 0 Å². The number of thiophene rings is 1. The molecule has 114 valence electrons. The lowest BCUT2D eigenvalue weighted by Crippen LogP contribution is -2.22. The molecule has 0 atom stereocenters. The van der Waals surface area contributed by atoms with Crippen LogP contribution in [0.1, 0.15) is 5.56 Å². The molecule has 1 aromatic heterocycles. The molecule has 0 aliphatic heterocycles. The van der Waals surface area contributed by atoms with E-state index in [0.717, 1.165) is 11.3 Å². The first kappa shape index (κ1) is 16.2. The van der Waals surface area contributed by atoms with E-state index < -0.39 is 16.6 Å². The topological polar surface area (TPSA) is 55.4 Å². The van der Waals surface area contributed by atoms with Gasteiger partial charge in [-0.3, -0.25) is 0 Å². The Morgan fingerprint density at radius 1 is 1.24 bits per heavy atom. The maximum Gasteiger partial charge on any atom is 0.387 e. The highest BCUT2D eigenvalue weighted by Crippen LogP contribution is 2.26.